The van der Waals surface area contributed by atoms with E-state index in [4.69, 9.17) is 4.98 Å². The Morgan fingerprint density at radius 3 is 2.81 bits per heavy atom. The minimum atomic E-state index is -0.238. The predicted octanol–water partition coefficient (Wildman–Crippen LogP) is 3.64. The Morgan fingerprint density at radius 1 is 1.12 bits per heavy atom. The molecule has 0 atom stereocenters. The Hall–Kier alpha value is -3.85. The molecule has 0 unspecified atom stereocenters. The van der Waals surface area contributed by atoms with Gasteiger partial charge in [0.25, 0.3) is 5.91 Å². The number of aromatic nitrogens is 6. The lowest BCUT2D eigenvalue weighted by atomic mass is 10.2. The molecule has 9 heteroatoms. The molecule has 8 nitrogen and oxygen atoms in total. The van der Waals surface area contributed by atoms with E-state index in [-0.39, 0.29) is 5.91 Å². The minimum Gasteiger partial charge on any atom is -0.346 e. The maximum absolute atomic E-state index is 13.0. The van der Waals surface area contributed by atoms with Crippen molar-refractivity contribution in [3.05, 3.63) is 88.3 Å². The summed E-state index contributed by atoms with van der Waals surface area (Å²) >= 11 is 1.63. The van der Waals surface area contributed by atoms with Crippen molar-refractivity contribution in [1.29, 1.82) is 0 Å². The maximum Gasteiger partial charge on any atom is 0.272 e. The molecule has 1 N–H and O–H groups in total. The zero-order chi connectivity index (χ0) is 22.1. The number of thiazole rings is 1. The number of carbonyl (C=O) groups is 1. The second-order valence-electron chi connectivity index (χ2n) is 7.44. The Morgan fingerprint density at radius 2 is 2.03 bits per heavy atom. The number of aryl methyl sites for hydroxylation is 2. The first-order valence-corrected chi connectivity index (χ1v) is 11.1. The number of hydrogen-bond acceptors (Lipinski definition) is 6. The molecule has 5 aromatic rings. The molecule has 0 spiro atoms. The highest BCUT2D eigenvalue weighted by molar-refractivity contribution is 7.09. The third-order valence-corrected chi connectivity index (χ3v) is 5.97. The van der Waals surface area contributed by atoms with E-state index in [9.17, 15) is 4.79 Å². The fourth-order valence-corrected chi connectivity index (χ4v) is 4.19. The Balaban J connectivity index is 1.46. The SMILES string of the molecule is Cc1nc(Cn2cc(-c3nc(C(=O)NCc4cccnc4)c4ccccn34)nc2C)cs1. The van der Waals surface area contributed by atoms with Crippen LogP contribution in [0.4, 0.5) is 0 Å². The lowest BCUT2D eigenvalue weighted by molar-refractivity contribution is 0.0948. The van der Waals surface area contributed by atoms with Crippen molar-refractivity contribution in [2.75, 3.05) is 0 Å². The minimum absolute atomic E-state index is 0.238. The average molecular weight is 444 g/mol. The fraction of sp³-hybridized carbons (Fsp3) is 0.174. The van der Waals surface area contributed by atoms with Crippen LogP contribution in [0.15, 0.2) is 60.5 Å². The van der Waals surface area contributed by atoms with Gasteiger partial charge in [0.05, 0.1) is 22.8 Å². The molecular weight excluding hydrogens is 422 g/mol. The van der Waals surface area contributed by atoms with Crippen LogP contribution in [-0.2, 0) is 13.1 Å². The molecule has 0 saturated carbocycles. The number of amides is 1. The lowest BCUT2D eigenvalue weighted by Gasteiger charge is -2.03. The first-order chi connectivity index (χ1) is 15.6. The summed E-state index contributed by atoms with van der Waals surface area (Å²) in [5.41, 5.74) is 3.74. The summed E-state index contributed by atoms with van der Waals surface area (Å²) in [6.45, 7) is 4.98. The Kier molecular flexibility index (Phi) is 5.24. The summed E-state index contributed by atoms with van der Waals surface area (Å²) in [6, 6.07) is 9.46. The average Bonchev–Trinajstić information content (AvgIpc) is 3.50. The van der Waals surface area contributed by atoms with Crippen LogP contribution >= 0.6 is 11.3 Å². The third kappa shape index (κ3) is 3.90. The fourth-order valence-electron chi connectivity index (χ4n) is 3.59. The van der Waals surface area contributed by atoms with E-state index in [2.05, 4.69) is 30.2 Å². The number of hydrogen-bond donors (Lipinski definition) is 1. The van der Waals surface area contributed by atoms with Gasteiger partial charge in [0.15, 0.2) is 11.5 Å². The summed E-state index contributed by atoms with van der Waals surface area (Å²) < 4.78 is 3.95. The van der Waals surface area contributed by atoms with Gasteiger partial charge < -0.3 is 9.88 Å². The number of pyridine rings is 2. The molecule has 0 aliphatic heterocycles. The standard InChI is InChI=1S/C23H21N7OS/c1-15-26-19(13-29(15)12-18-14-32-16(2)27-18)22-28-21(20-7-3-4-9-30(20)22)23(31)25-11-17-6-5-8-24-10-17/h3-10,13-14H,11-12H2,1-2H3,(H,25,31). The van der Waals surface area contributed by atoms with Crippen LogP contribution in [0.2, 0.25) is 0 Å². The van der Waals surface area contributed by atoms with Gasteiger partial charge >= 0.3 is 0 Å². The van der Waals surface area contributed by atoms with Gasteiger partial charge in [-0.05, 0) is 37.6 Å². The number of imidazole rings is 2. The molecule has 160 valence electrons. The molecule has 1 amide bonds. The first-order valence-electron chi connectivity index (χ1n) is 10.2. The van der Waals surface area contributed by atoms with Crippen molar-refractivity contribution in [3.8, 4) is 11.5 Å². The molecular formula is C23H21N7OS. The molecule has 5 rings (SSSR count). The molecule has 32 heavy (non-hydrogen) atoms. The Bertz CT molecular complexity index is 1400. The van der Waals surface area contributed by atoms with Gasteiger partial charge in [0.2, 0.25) is 0 Å². The topological polar surface area (TPSA) is 90.0 Å². The van der Waals surface area contributed by atoms with Gasteiger partial charge in [-0.2, -0.15) is 0 Å². The summed E-state index contributed by atoms with van der Waals surface area (Å²) in [7, 11) is 0. The number of carbonyl (C=O) groups excluding carboxylic acids is 1. The van der Waals surface area contributed by atoms with Crippen LogP contribution in [0, 0.1) is 13.8 Å². The predicted molar refractivity (Wildman–Crippen MR) is 123 cm³/mol. The molecule has 0 fully saturated rings. The molecule has 0 aliphatic carbocycles. The van der Waals surface area contributed by atoms with Crippen LogP contribution in [0.3, 0.4) is 0 Å². The molecule has 5 heterocycles. The summed E-state index contributed by atoms with van der Waals surface area (Å²) in [4.78, 5) is 31.0. The molecule has 0 bridgehead atoms. The maximum atomic E-state index is 13.0. The van der Waals surface area contributed by atoms with Gasteiger partial charge in [-0.15, -0.1) is 11.3 Å². The summed E-state index contributed by atoms with van der Waals surface area (Å²) in [5.74, 6) is 1.25. The first kappa shape index (κ1) is 20.1. The van der Waals surface area contributed by atoms with E-state index in [1.165, 1.54) is 0 Å². The van der Waals surface area contributed by atoms with Crippen molar-refractivity contribution in [2.45, 2.75) is 26.9 Å². The second kappa shape index (κ2) is 8.35. The van der Waals surface area contributed by atoms with Crippen molar-refractivity contribution in [3.63, 3.8) is 0 Å². The summed E-state index contributed by atoms with van der Waals surface area (Å²) in [5, 5.41) is 6.04. The quantitative estimate of drug-likeness (QED) is 0.433. The summed E-state index contributed by atoms with van der Waals surface area (Å²) in [6.07, 6.45) is 7.30. The molecule has 0 aromatic carbocycles. The van der Waals surface area contributed by atoms with Crippen LogP contribution in [0.1, 0.15) is 32.6 Å². The van der Waals surface area contributed by atoms with Gasteiger partial charge in [-0.25, -0.2) is 15.0 Å². The van der Waals surface area contributed by atoms with E-state index in [0.717, 1.165) is 27.6 Å². The van der Waals surface area contributed by atoms with Gasteiger partial charge in [-0.1, -0.05) is 12.1 Å². The molecule has 0 aliphatic rings. The number of fused-ring (bicyclic) bond motifs is 1. The van der Waals surface area contributed by atoms with Crippen molar-refractivity contribution < 1.29 is 4.79 Å². The van der Waals surface area contributed by atoms with Crippen LogP contribution in [0.25, 0.3) is 17.0 Å². The van der Waals surface area contributed by atoms with Crippen LogP contribution in [-0.4, -0.2) is 34.8 Å². The largest absolute Gasteiger partial charge is 0.346 e. The zero-order valence-corrected chi connectivity index (χ0v) is 18.5. The Labute approximate surface area is 188 Å². The normalized spacial score (nSPS) is 11.2. The highest BCUT2D eigenvalue weighted by atomic mass is 32.1. The number of rotatable bonds is 6. The van der Waals surface area contributed by atoms with Crippen molar-refractivity contribution in [1.82, 2.24) is 34.2 Å². The smallest absolute Gasteiger partial charge is 0.272 e. The molecule has 0 radical (unpaired) electrons. The lowest BCUT2D eigenvalue weighted by Crippen LogP contribution is -2.23. The van der Waals surface area contributed by atoms with Gasteiger partial charge in [0, 0.05) is 36.7 Å². The van der Waals surface area contributed by atoms with Crippen molar-refractivity contribution >= 4 is 22.8 Å². The zero-order valence-electron chi connectivity index (χ0n) is 17.7. The highest BCUT2D eigenvalue weighted by Crippen LogP contribution is 2.23. The highest BCUT2D eigenvalue weighted by Gasteiger charge is 2.20. The molecule has 0 saturated heterocycles. The second-order valence-corrected chi connectivity index (χ2v) is 8.51. The molecule has 5 aromatic heterocycles. The monoisotopic (exact) mass is 443 g/mol. The van der Waals surface area contributed by atoms with Crippen LogP contribution < -0.4 is 5.32 Å². The third-order valence-electron chi connectivity index (χ3n) is 5.14. The van der Waals surface area contributed by atoms with E-state index in [1.807, 2.05) is 61.0 Å². The van der Waals surface area contributed by atoms with Crippen molar-refractivity contribution in [2.24, 2.45) is 0 Å². The van der Waals surface area contributed by atoms with Gasteiger partial charge in [0.1, 0.15) is 11.5 Å². The van der Waals surface area contributed by atoms with E-state index < -0.39 is 0 Å². The van der Waals surface area contributed by atoms with Gasteiger partial charge in [-0.3, -0.25) is 14.2 Å². The number of nitrogens with one attached hydrogen (secondary N) is 1. The van der Waals surface area contributed by atoms with E-state index in [1.54, 1.807) is 23.7 Å². The van der Waals surface area contributed by atoms with Crippen LogP contribution in [0.5, 0.6) is 0 Å². The number of nitrogens with zero attached hydrogens (tertiary/aromatic N) is 6. The van der Waals surface area contributed by atoms with E-state index >= 15 is 0 Å². The van der Waals surface area contributed by atoms with E-state index in [0.29, 0.717) is 30.3 Å².